The summed E-state index contributed by atoms with van der Waals surface area (Å²) in [6.07, 6.45) is 5.81. The monoisotopic (exact) mass is 309 g/mol. The molecule has 1 aliphatic heterocycles. The van der Waals surface area contributed by atoms with Gasteiger partial charge in [-0.15, -0.1) is 0 Å². The third-order valence-corrected chi connectivity index (χ3v) is 4.24. The third kappa shape index (κ3) is 4.29. The molecular formula is C19H23N3O. The smallest absolute Gasteiger partial charge is 0.220 e. The van der Waals surface area contributed by atoms with Crippen molar-refractivity contribution in [2.24, 2.45) is 11.7 Å². The van der Waals surface area contributed by atoms with E-state index in [4.69, 9.17) is 5.73 Å². The number of carbonyl (C=O) groups excluding carboxylic acids is 1. The summed E-state index contributed by atoms with van der Waals surface area (Å²) in [5.41, 5.74) is 10.1. The molecule has 1 aromatic rings. The number of hydrogen-bond donors (Lipinski definition) is 3. The normalized spacial score (nSPS) is 20.7. The van der Waals surface area contributed by atoms with E-state index in [-0.39, 0.29) is 11.9 Å². The molecule has 1 atom stereocenters. The molecule has 1 saturated carbocycles. The van der Waals surface area contributed by atoms with Gasteiger partial charge in [0.1, 0.15) is 0 Å². The molecule has 1 unspecified atom stereocenters. The Balaban J connectivity index is 1.59. The van der Waals surface area contributed by atoms with Crippen molar-refractivity contribution in [3.63, 3.8) is 0 Å². The number of benzene rings is 1. The summed E-state index contributed by atoms with van der Waals surface area (Å²) in [6, 6.07) is 6.34. The zero-order chi connectivity index (χ0) is 16.2. The molecular weight excluding hydrogens is 286 g/mol. The van der Waals surface area contributed by atoms with Gasteiger partial charge in [0.15, 0.2) is 0 Å². The van der Waals surface area contributed by atoms with Gasteiger partial charge in [-0.25, -0.2) is 0 Å². The fourth-order valence-electron chi connectivity index (χ4n) is 2.70. The highest BCUT2D eigenvalue weighted by Crippen LogP contribution is 2.27. The molecule has 1 heterocycles. The molecule has 1 aromatic carbocycles. The molecule has 0 bridgehead atoms. The second-order valence-electron chi connectivity index (χ2n) is 6.38. The van der Waals surface area contributed by atoms with Gasteiger partial charge in [0.2, 0.25) is 5.91 Å². The van der Waals surface area contributed by atoms with Crippen LogP contribution in [0.4, 0.5) is 0 Å². The molecule has 120 valence electrons. The lowest BCUT2D eigenvalue weighted by molar-refractivity contribution is -0.119. The average molecular weight is 309 g/mol. The Bertz CT molecular complexity index is 692. The molecule has 0 spiro atoms. The van der Waals surface area contributed by atoms with E-state index in [0.717, 1.165) is 23.1 Å². The van der Waals surface area contributed by atoms with Gasteiger partial charge in [-0.05, 0) is 43.9 Å². The largest absolute Gasteiger partial charge is 0.397 e. The number of rotatable bonds is 4. The second kappa shape index (κ2) is 6.78. The number of amides is 1. The van der Waals surface area contributed by atoms with Gasteiger partial charge < -0.3 is 16.4 Å². The van der Waals surface area contributed by atoms with E-state index >= 15 is 0 Å². The van der Waals surface area contributed by atoms with Crippen LogP contribution < -0.4 is 16.4 Å². The van der Waals surface area contributed by atoms with Gasteiger partial charge in [0, 0.05) is 42.3 Å². The number of carbonyl (C=O) groups is 1. The quantitative estimate of drug-likeness (QED) is 0.744. The molecule has 1 amide bonds. The SMILES string of the molecule is Cc1cc(C#CC2CC2)ccc1/C(N)=C/NCC1CCC(=O)N1. The summed E-state index contributed by atoms with van der Waals surface area (Å²) in [7, 11) is 0. The molecule has 1 saturated heterocycles. The Kier molecular flexibility index (Phi) is 4.57. The van der Waals surface area contributed by atoms with E-state index in [1.165, 1.54) is 12.8 Å². The molecule has 4 nitrogen and oxygen atoms in total. The Morgan fingerprint density at radius 1 is 1.43 bits per heavy atom. The molecule has 0 aromatic heterocycles. The van der Waals surface area contributed by atoms with Crippen molar-refractivity contribution in [3.8, 4) is 11.8 Å². The Morgan fingerprint density at radius 2 is 2.26 bits per heavy atom. The predicted molar refractivity (Wildman–Crippen MR) is 92.1 cm³/mol. The fraction of sp³-hybridized carbons (Fsp3) is 0.421. The topological polar surface area (TPSA) is 67.1 Å². The number of nitrogens with two attached hydrogens (primary N) is 1. The van der Waals surface area contributed by atoms with Crippen molar-refractivity contribution in [1.29, 1.82) is 0 Å². The molecule has 0 radical (unpaired) electrons. The van der Waals surface area contributed by atoms with Crippen molar-refractivity contribution in [2.75, 3.05) is 6.54 Å². The zero-order valence-corrected chi connectivity index (χ0v) is 13.5. The van der Waals surface area contributed by atoms with Crippen LogP contribution in [-0.4, -0.2) is 18.5 Å². The molecule has 1 aliphatic carbocycles. The van der Waals surface area contributed by atoms with Crippen LogP contribution in [0.2, 0.25) is 0 Å². The first-order chi connectivity index (χ1) is 11.1. The maximum atomic E-state index is 11.2. The minimum Gasteiger partial charge on any atom is -0.397 e. The van der Waals surface area contributed by atoms with Crippen molar-refractivity contribution >= 4 is 11.6 Å². The van der Waals surface area contributed by atoms with Gasteiger partial charge in [-0.3, -0.25) is 4.79 Å². The van der Waals surface area contributed by atoms with E-state index in [1.54, 1.807) is 0 Å². The van der Waals surface area contributed by atoms with E-state index in [9.17, 15) is 4.79 Å². The fourth-order valence-corrected chi connectivity index (χ4v) is 2.70. The first-order valence-corrected chi connectivity index (χ1v) is 8.23. The van der Waals surface area contributed by atoms with Crippen LogP contribution in [0.3, 0.4) is 0 Å². The van der Waals surface area contributed by atoms with Crippen molar-refractivity contribution in [3.05, 3.63) is 41.1 Å². The van der Waals surface area contributed by atoms with E-state index in [2.05, 4.69) is 35.5 Å². The third-order valence-electron chi connectivity index (χ3n) is 4.24. The lowest BCUT2D eigenvalue weighted by atomic mass is 10.0. The van der Waals surface area contributed by atoms with Crippen LogP contribution in [-0.2, 0) is 4.79 Å². The summed E-state index contributed by atoms with van der Waals surface area (Å²) in [6.45, 7) is 2.76. The van der Waals surface area contributed by atoms with Crippen LogP contribution in [0.15, 0.2) is 24.4 Å². The van der Waals surface area contributed by atoms with Crippen LogP contribution in [0.5, 0.6) is 0 Å². The van der Waals surface area contributed by atoms with Crippen molar-refractivity contribution < 1.29 is 4.79 Å². The first kappa shape index (κ1) is 15.5. The number of hydrogen-bond acceptors (Lipinski definition) is 3. The van der Waals surface area contributed by atoms with Gasteiger partial charge >= 0.3 is 0 Å². The molecule has 4 N–H and O–H groups in total. The molecule has 23 heavy (non-hydrogen) atoms. The Morgan fingerprint density at radius 3 is 2.91 bits per heavy atom. The summed E-state index contributed by atoms with van der Waals surface area (Å²) in [4.78, 5) is 11.2. The van der Waals surface area contributed by atoms with Crippen molar-refractivity contribution in [1.82, 2.24) is 10.6 Å². The average Bonchev–Trinajstić information content (AvgIpc) is 3.26. The van der Waals surface area contributed by atoms with Crippen LogP contribution in [0, 0.1) is 24.7 Å². The summed E-state index contributed by atoms with van der Waals surface area (Å²) in [5, 5.41) is 6.13. The van der Waals surface area contributed by atoms with E-state index in [0.29, 0.717) is 24.6 Å². The Hall–Kier alpha value is -2.41. The Labute approximate surface area is 137 Å². The van der Waals surface area contributed by atoms with Crippen LogP contribution in [0.1, 0.15) is 42.4 Å². The number of nitrogens with one attached hydrogen (secondary N) is 2. The summed E-state index contributed by atoms with van der Waals surface area (Å²) in [5.74, 6) is 7.25. The zero-order valence-electron chi connectivity index (χ0n) is 13.5. The lowest BCUT2D eigenvalue weighted by Gasteiger charge is -2.11. The molecule has 4 heteroatoms. The lowest BCUT2D eigenvalue weighted by Crippen LogP contribution is -2.33. The van der Waals surface area contributed by atoms with Crippen LogP contribution in [0.25, 0.3) is 5.70 Å². The van der Waals surface area contributed by atoms with Gasteiger partial charge in [-0.2, -0.15) is 0 Å². The predicted octanol–water partition coefficient (Wildman–Crippen LogP) is 1.88. The highest BCUT2D eigenvalue weighted by Gasteiger charge is 2.19. The highest BCUT2D eigenvalue weighted by molar-refractivity contribution is 5.78. The standard InChI is InChI=1S/C19H23N3O/c1-13-10-15(5-4-14-2-3-14)6-8-17(13)18(20)12-21-11-16-7-9-19(23)22-16/h6,8,10,12,14,16,21H,2-3,7,9,11,20H2,1H3,(H,22,23)/b18-12-. The van der Waals surface area contributed by atoms with E-state index < -0.39 is 0 Å². The maximum absolute atomic E-state index is 11.2. The molecule has 3 rings (SSSR count). The van der Waals surface area contributed by atoms with Crippen LogP contribution >= 0.6 is 0 Å². The second-order valence-corrected chi connectivity index (χ2v) is 6.38. The van der Waals surface area contributed by atoms with Gasteiger partial charge in [0.05, 0.1) is 5.70 Å². The summed E-state index contributed by atoms with van der Waals surface area (Å²) >= 11 is 0. The maximum Gasteiger partial charge on any atom is 0.220 e. The molecule has 2 fully saturated rings. The number of aryl methyl sites for hydroxylation is 1. The van der Waals surface area contributed by atoms with Gasteiger partial charge in [-0.1, -0.05) is 17.9 Å². The molecule has 2 aliphatic rings. The highest BCUT2D eigenvalue weighted by atomic mass is 16.1. The van der Waals surface area contributed by atoms with Gasteiger partial charge in [0.25, 0.3) is 0 Å². The minimum absolute atomic E-state index is 0.132. The van der Waals surface area contributed by atoms with E-state index in [1.807, 2.05) is 18.3 Å². The summed E-state index contributed by atoms with van der Waals surface area (Å²) < 4.78 is 0. The van der Waals surface area contributed by atoms with Crippen molar-refractivity contribution in [2.45, 2.75) is 38.6 Å². The first-order valence-electron chi connectivity index (χ1n) is 8.23. The minimum atomic E-state index is 0.132.